The van der Waals surface area contributed by atoms with Gasteiger partial charge in [-0.25, -0.2) is 4.79 Å². The maximum absolute atomic E-state index is 12.9. The predicted octanol–water partition coefficient (Wildman–Crippen LogP) is -0.0517. The number of esters is 3. The third-order valence-corrected chi connectivity index (χ3v) is 7.10. The molecule has 0 unspecified atom stereocenters. The number of carbonyl (C=O) groups is 5. The lowest BCUT2D eigenvalue weighted by Gasteiger charge is -2.23. The molecule has 2 heterocycles. The van der Waals surface area contributed by atoms with Crippen molar-refractivity contribution in [2.45, 2.75) is 70.2 Å². The van der Waals surface area contributed by atoms with Gasteiger partial charge in [0, 0.05) is 46.2 Å². The van der Waals surface area contributed by atoms with Crippen LogP contribution in [0, 0.1) is 0 Å². The molecule has 1 saturated heterocycles. The number of carbonyl (C=O) groups excluding carboxylic acids is 5. The van der Waals surface area contributed by atoms with Gasteiger partial charge in [-0.3, -0.25) is 28.5 Å². The van der Waals surface area contributed by atoms with Crippen LogP contribution in [0.1, 0.15) is 40.8 Å². The quantitative estimate of drug-likeness (QED) is 0.147. The number of rotatable bonds is 12. The van der Waals surface area contributed by atoms with Crippen LogP contribution in [0.25, 0.3) is 0 Å². The number of ether oxygens (including phenoxy) is 4. The Bertz CT molecular complexity index is 1100. The first-order valence-electron chi connectivity index (χ1n) is 11.5. The lowest BCUT2D eigenvalue weighted by molar-refractivity contribution is -0.166. The van der Waals surface area contributed by atoms with E-state index in [1.54, 1.807) is 6.92 Å². The maximum Gasteiger partial charge on any atom is 0.350 e. The van der Waals surface area contributed by atoms with Gasteiger partial charge in [-0.05, 0) is 23.8 Å². The van der Waals surface area contributed by atoms with Gasteiger partial charge < -0.3 is 29.6 Å². The first kappa shape index (κ1) is 31.1. The molecule has 1 aliphatic rings. The van der Waals surface area contributed by atoms with Crippen molar-refractivity contribution < 1.29 is 42.9 Å². The van der Waals surface area contributed by atoms with Gasteiger partial charge in [0.15, 0.2) is 18.4 Å². The van der Waals surface area contributed by atoms with Crippen LogP contribution in [0.2, 0.25) is 0 Å². The molecule has 0 aliphatic carbocycles. The van der Waals surface area contributed by atoms with E-state index < -0.39 is 54.2 Å². The minimum absolute atomic E-state index is 0.211. The van der Waals surface area contributed by atoms with Gasteiger partial charge in [-0.1, -0.05) is 10.8 Å². The smallest absolute Gasteiger partial charge is 0.350 e. The lowest BCUT2D eigenvalue weighted by Crippen LogP contribution is -2.47. The molecule has 2 rings (SSSR count). The van der Waals surface area contributed by atoms with E-state index >= 15 is 0 Å². The molecule has 0 aromatic carbocycles. The van der Waals surface area contributed by atoms with E-state index in [0.29, 0.717) is 11.6 Å². The van der Waals surface area contributed by atoms with E-state index in [9.17, 15) is 28.8 Å². The molecular weight excluding hydrogens is 544 g/mol. The average molecular weight is 575 g/mol. The highest BCUT2D eigenvalue weighted by molar-refractivity contribution is 8.76. The highest BCUT2D eigenvalue weighted by Gasteiger charge is 2.51. The highest BCUT2D eigenvalue weighted by Crippen LogP contribution is 2.34. The van der Waals surface area contributed by atoms with Gasteiger partial charge in [0.2, 0.25) is 11.8 Å². The van der Waals surface area contributed by atoms with Crippen molar-refractivity contribution >= 4 is 51.3 Å². The van der Waals surface area contributed by atoms with Crippen LogP contribution in [0.4, 0.5) is 0 Å². The van der Waals surface area contributed by atoms with E-state index in [4.69, 9.17) is 18.9 Å². The topological polar surface area (TPSA) is 181 Å². The molecule has 210 valence electrons. The molecule has 1 aliphatic heterocycles. The van der Waals surface area contributed by atoms with Crippen LogP contribution in [0.3, 0.4) is 0 Å². The molecule has 0 spiro atoms. The summed E-state index contributed by atoms with van der Waals surface area (Å²) in [6.45, 7) is 6.65. The third kappa shape index (κ3) is 9.33. The second-order valence-corrected chi connectivity index (χ2v) is 10.3. The fourth-order valence-corrected chi connectivity index (χ4v) is 5.49. The van der Waals surface area contributed by atoms with Crippen molar-refractivity contribution in [2.24, 2.45) is 0 Å². The molecule has 1 aromatic heterocycles. The summed E-state index contributed by atoms with van der Waals surface area (Å²) in [5, 5.41) is 5.53. The summed E-state index contributed by atoms with van der Waals surface area (Å²) in [5.41, 5.74) is -0.755. The van der Waals surface area contributed by atoms with E-state index in [-0.39, 0.29) is 24.2 Å². The molecule has 1 aromatic rings. The van der Waals surface area contributed by atoms with Gasteiger partial charge in [0.25, 0.3) is 0 Å². The van der Waals surface area contributed by atoms with Crippen molar-refractivity contribution in [1.82, 2.24) is 20.2 Å². The molecule has 0 radical (unpaired) electrons. The standard InChI is InChI=1S/C22H30N4O10S2/c1-6-23-20(31)15(24-11(2)27)10-37-38-17-7-8-26(22(32)25-17)21-19(35-14(5)30)18(34-13(4)29)16(36-21)9-33-12(3)28/h7-8,15-16,18-19,21H,6,9-10H2,1-5H3,(H,23,31)(H,24,27)/t15-,16+,18+,19+,21+/m0/s1. The predicted molar refractivity (Wildman–Crippen MR) is 135 cm³/mol. The van der Waals surface area contributed by atoms with Crippen molar-refractivity contribution in [3.8, 4) is 0 Å². The molecule has 5 atom stereocenters. The van der Waals surface area contributed by atoms with Crippen molar-refractivity contribution in [2.75, 3.05) is 18.9 Å². The van der Waals surface area contributed by atoms with Gasteiger partial charge in [-0.2, -0.15) is 4.98 Å². The van der Waals surface area contributed by atoms with Crippen molar-refractivity contribution in [1.29, 1.82) is 0 Å². The Kier molecular flexibility index (Phi) is 12.1. The van der Waals surface area contributed by atoms with Crippen LogP contribution < -0.4 is 16.3 Å². The average Bonchev–Trinajstić information content (AvgIpc) is 3.12. The Morgan fingerprint density at radius 1 is 1.08 bits per heavy atom. The number of nitrogens with zero attached hydrogens (tertiary/aromatic N) is 2. The molecule has 0 saturated carbocycles. The minimum Gasteiger partial charge on any atom is -0.463 e. The number of nitrogens with one attached hydrogen (secondary N) is 2. The molecule has 2 N–H and O–H groups in total. The van der Waals surface area contributed by atoms with E-state index in [0.717, 1.165) is 29.2 Å². The van der Waals surface area contributed by atoms with Crippen LogP contribution >= 0.6 is 21.6 Å². The lowest BCUT2D eigenvalue weighted by atomic mass is 10.1. The highest BCUT2D eigenvalue weighted by atomic mass is 33.1. The second-order valence-electron chi connectivity index (χ2n) is 7.99. The summed E-state index contributed by atoms with van der Waals surface area (Å²) >= 11 is 0. The van der Waals surface area contributed by atoms with Gasteiger partial charge >= 0.3 is 23.6 Å². The summed E-state index contributed by atoms with van der Waals surface area (Å²) in [4.78, 5) is 75.2. The number of amides is 2. The fourth-order valence-electron chi connectivity index (χ4n) is 3.44. The summed E-state index contributed by atoms with van der Waals surface area (Å²) in [7, 11) is 2.32. The largest absolute Gasteiger partial charge is 0.463 e. The van der Waals surface area contributed by atoms with E-state index in [1.165, 1.54) is 36.9 Å². The molecule has 0 bridgehead atoms. The molecule has 1 fully saturated rings. The fraction of sp³-hybridized carbons (Fsp3) is 0.591. The van der Waals surface area contributed by atoms with Gasteiger partial charge in [0.1, 0.15) is 23.8 Å². The van der Waals surface area contributed by atoms with Gasteiger partial charge in [0.05, 0.1) is 0 Å². The van der Waals surface area contributed by atoms with Gasteiger partial charge in [-0.15, -0.1) is 0 Å². The number of likely N-dealkylation sites (N-methyl/N-ethyl adjacent to an activating group) is 1. The number of hydrogen-bond acceptors (Lipinski definition) is 13. The summed E-state index contributed by atoms with van der Waals surface area (Å²) in [6, 6.07) is 0.738. The van der Waals surface area contributed by atoms with Crippen LogP contribution in [-0.4, -0.2) is 82.5 Å². The Morgan fingerprint density at radius 3 is 2.29 bits per heavy atom. The van der Waals surface area contributed by atoms with E-state index in [2.05, 4.69) is 15.6 Å². The zero-order chi connectivity index (χ0) is 28.4. The second kappa shape index (κ2) is 14.7. The Hall–Kier alpha value is -3.11. The third-order valence-electron chi connectivity index (χ3n) is 4.84. The molecule has 2 amide bonds. The zero-order valence-electron chi connectivity index (χ0n) is 21.5. The zero-order valence-corrected chi connectivity index (χ0v) is 23.1. The summed E-state index contributed by atoms with van der Waals surface area (Å²) in [6.07, 6.45) is -3.25. The van der Waals surface area contributed by atoms with Crippen molar-refractivity contribution in [3.63, 3.8) is 0 Å². The Morgan fingerprint density at radius 2 is 1.74 bits per heavy atom. The first-order chi connectivity index (χ1) is 17.9. The normalized spacial score (nSPS) is 21.2. The molecule has 14 nitrogen and oxygen atoms in total. The summed E-state index contributed by atoms with van der Waals surface area (Å²) < 4.78 is 22.5. The van der Waals surface area contributed by atoms with Crippen molar-refractivity contribution in [3.05, 3.63) is 22.7 Å². The number of aromatic nitrogens is 2. The minimum atomic E-state index is -1.22. The Balaban J connectivity index is 2.21. The SMILES string of the molecule is CCNC(=O)[C@H](CSSc1ccn([C@@H]2O[C@H](COC(C)=O)[C@@H](OC(C)=O)[C@H]2OC(C)=O)c(=O)n1)NC(C)=O. The number of hydrogen-bond donors (Lipinski definition) is 2. The maximum atomic E-state index is 12.9. The van der Waals surface area contributed by atoms with Crippen LogP contribution in [-0.2, 0) is 42.9 Å². The summed E-state index contributed by atoms with van der Waals surface area (Å²) in [5.74, 6) is -2.48. The molecular formula is C22H30N4O10S2. The molecule has 16 heteroatoms. The molecule has 38 heavy (non-hydrogen) atoms. The first-order valence-corrected chi connectivity index (χ1v) is 13.8. The Labute approximate surface area is 226 Å². The van der Waals surface area contributed by atoms with Crippen LogP contribution in [0.15, 0.2) is 22.1 Å². The van der Waals surface area contributed by atoms with Crippen LogP contribution in [0.5, 0.6) is 0 Å². The monoisotopic (exact) mass is 574 g/mol. The van der Waals surface area contributed by atoms with E-state index in [1.807, 2.05) is 0 Å².